The number of aryl methyl sites for hydroxylation is 1. The zero-order valence-electron chi connectivity index (χ0n) is 16.0. The first-order valence-electron chi connectivity index (χ1n) is 9.70. The van der Waals surface area contributed by atoms with E-state index in [9.17, 15) is 14.4 Å². The normalized spacial score (nSPS) is 16.0. The molecule has 1 amide bonds. The molecule has 1 aromatic rings. The molecule has 1 aromatic carbocycles. The van der Waals surface area contributed by atoms with Crippen molar-refractivity contribution in [3.63, 3.8) is 0 Å². The lowest BCUT2D eigenvalue weighted by molar-refractivity contribution is -0.119. The molecule has 1 fully saturated rings. The van der Waals surface area contributed by atoms with Crippen molar-refractivity contribution in [2.75, 3.05) is 18.6 Å². The minimum absolute atomic E-state index is 0.147. The van der Waals surface area contributed by atoms with Crippen LogP contribution >= 0.6 is 0 Å². The second-order valence-corrected chi connectivity index (χ2v) is 7.57. The SMILES string of the molecule is COC(=O)c1cn(-c2ccc3c(c2)N(C(=O)C2CC2)CCC3)cc2c(=O)[nH]nc1-2. The number of fused-ring (bicyclic) bond motifs is 2. The molecule has 0 aromatic heterocycles. The third kappa shape index (κ3) is 2.91. The van der Waals surface area contributed by atoms with Crippen molar-refractivity contribution in [2.24, 2.45) is 5.92 Å². The minimum atomic E-state index is -0.570. The molecule has 29 heavy (non-hydrogen) atoms. The van der Waals surface area contributed by atoms with Gasteiger partial charge >= 0.3 is 5.97 Å². The Bertz CT molecular complexity index is 1160. The van der Waals surface area contributed by atoms with Crippen LogP contribution in [0.4, 0.5) is 5.69 Å². The molecule has 3 heterocycles. The fraction of sp³-hybridized carbons (Fsp3) is 0.333. The Morgan fingerprint density at radius 1 is 1.24 bits per heavy atom. The van der Waals surface area contributed by atoms with Gasteiger partial charge < -0.3 is 14.2 Å². The summed E-state index contributed by atoms with van der Waals surface area (Å²) in [5.41, 5.74) is 3.21. The second-order valence-electron chi connectivity index (χ2n) is 7.57. The molecule has 1 N–H and O–H groups in total. The maximum Gasteiger partial charge on any atom is 0.341 e. The molecule has 0 bridgehead atoms. The summed E-state index contributed by atoms with van der Waals surface area (Å²) in [6, 6.07) is 5.90. The molecule has 0 saturated heterocycles. The second kappa shape index (κ2) is 6.58. The number of amides is 1. The van der Waals surface area contributed by atoms with Gasteiger partial charge in [-0.3, -0.25) is 9.59 Å². The molecule has 4 aliphatic rings. The van der Waals surface area contributed by atoms with E-state index in [0.717, 1.165) is 49.2 Å². The first-order chi connectivity index (χ1) is 14.1. The number of hydrogen-bond acceptors (Lipinski definition) is 5. The van der Waals surface area contributed by atoms with Gasteiger partial charge in [-0.1, -0.05) is 6.07 Å². The number of aromatic nitrogens is 3. The highest BCUT2D eigenvalue weighted by Gasteiger charge is 2.35. The van der Waals surface area contributed by atoms with Crippen LogP contribution < -0.4 is 10.5 Å². The van der Waals surface area contributed by atoms with E-state index in [-0.39, 0.29) is 28.6 Å². The van der Waals surface area contributed by atoms with Crippen LogP contribution in [0.15, 0.2) is 35.4 Å². The average Bonchev–Trinajstić information content (AvgIpc) is 3.54. The summed E-state index contributed by atoms with van der Waals surface area (Å²) in [6.07, 6.45) is 7.05. The van der Waals surface area contributed by atoms with Gasteiger partial charge in [0.05, 0.1) is 12.7 Å². The smallest absolute Gasteiger partial charge is 0.341 e. The lowest BCUT2D eigenvalue weighted by Crippen LogP contribution is -2.36. The molecule has 0 radical (unpaired) electrons. The summed E-state index contributed by atoms with van der Waals surface area (Å²) in [6.45, 7) is 0.718. The van der Waals surface area contributed by atoms with Gasteiger partial charge in [0.2, 0.25) is 5.91 Å². The van der Waals surface area contributed by atoms with Crippen molar-refractivity contribution in [3.8, 4) is 16.9 Å². The summed E-state index contributed by atoms with van der Waals surface area (Å²) in [4.78, 5) is 39.0. The number of benzene rings is 1. The van der Waals surface area contributed by atoms with Crippen molar-refractivity contribution < 1.29 is 14.3 Å². The van der Waals surface area contributed by atoms with Crippen LogP contribution in [0.1, 0.15) is 35.2 Å². The van der Waals surface area contributed by atoms with E-state index < -0.39 is 5.97 Å². The van der Waals surface area contributed by atoms with Crippen molar-refractivity contribution in [1.82, 2.24) is 14.8 Å². The van der Waals surface area contributed by atoms with E-state index in [2.05, 4.69) is 10.2 Å². The van der Waals surface area contributed by atoms with Gasteiger partial charge in [0.25, 0.3) is 5.56 Å². The maximum atomic E-state index is 12.7. The Balaban J connectivity index is 1.64. The first kappa shape index (κ1) is 17.7. The number of esters is 1. The van der Waals surface area contributed by atoms with Gasteiger partial charge in [0, 0.05) is 36.2 Å². The number of nitrogens with one attached hydrogen (secondary N) is 1. The average molecular weight is 392 g/mol. The molecule has 8 nitrogen and oxygen atoms in total. The summed E-state index contributed by atoms with van der Waals surface area (Å²) >= 11 is 0. The molecule has 1 aliphatic carbocycles. The fourth-order valence-electron chi connectivity index (χ4n) is 3.95. The third-order valence-electron chi connectivity index (χ3n) is 5.64. The molecule has 1 saturated carbocycles. The van der Waals surface area contributed by atoms with Crippen molar-refractivity contribution in [3.05, 3.63) is 52.1 Å². The summed E-state index contributed by atoms with van der Waals surface area (Å²) in [5.74, 6) is -0.233. The number of H-pyrrole nitrogens is 1. The molecule has 8 heteroatoms. The molecule has 5 rings (SSSR count). The van der Waals surface area contributed by atoms with Crippen LogP contribution in [0, 0.1) is 5.92 Å². The van der Waals surface area contributed by atoms with Gasteiger partial charge in [-0.05, 0) is 43.4 Å². The van der Waals surface area contributed by atoms with Crippen molar-refractivity contribution >= 4 is 17.6 Å². The molecule has 3 aliphatic heterocycles. The number of hydrogen-bond donors (Lipinski definition) is 1. The number of rotatable bonds is 3. The monoisotopic (exact) mass is 392 g/mol. The van der Waals surface area contributed by atoms with Gasteiger partial charge in [0.15, 0.2) is 0 Å². The predicted molar refractivity (Wildman–Crippen MR) is 106 cm³/mol. The van der Waals surface area contributed by atoms with E-state index in [1.807, 2.05) is 23.1 Å². The highest BCUT2D eigenvalue weighted by atomic mass is 16.5. The van der Waals surface area contributed by atoms with Crippen LogP contribution in [0.5, 0.6) is 0 Å². The number of methoxy groups -OCH3 is 1. The third-order valence-corrected chi connectivity index (χ3v) is 5.64. The zero-order valence-corrected chi connectivity index (χ0v) is 16.0. The lowest BCUT2D eigenvalue weighted by Gasteiger charge is -2.30. The number of ether oxygens (including phenoxy) is 1. The standard InChI is InChI=1S/C21H20N4O4/c1-29-21(28)16-11-24(10-15-18(16)22-23-19(15)26)14-7-6-12-3-2-8-25(17(12)9-14)20(27)13-4-5-13/h6-7,9-11,13H,2-5,8H2,1H3,(H,23,26). The molecule has 0 unspecified atom stereocenters. The lowest BCUT2D eigenvalue weighted by atomic mass is 10.00. The van der Waals surface area contributed by atoms with Gasteiger partial charge in [-0.2, -0.15) is 5.10 Å². The molecule has 0 spiro atoms. The summed E-state index contributed by atoms with van der Waals surface area (Å²) in [5, 5.41) is 6.34. The van der Waals surface area contributed by atoms with Crippen LogP contribution in [0.2, 0.25) is 0 Å². The van der Waals surface area contributed by atoms with Crippen molar-refractivity contribution in [1.29, 1.82) is 0 Å². The van der Waals surface area contributed by atoms with Gasteiger partial charge in [-0.15, -0.1) is 0 Å². The van der Waals surface area contributed by atoms with Crippen LogP contribution in [-0.4, -0.2) is 40.3 Å². The molecular formula is C21H20N4O4. The Hall–Kier alpha value is -3.42. The quantitative estimate of drug-likeness (QED) is 0.689. The predicted octanol–water partition coefficient (Wildman–Crippen LogP) is 2.14. The number of pyridine rings is 1. The largest absolute Gasteiger partial charge is 0.465 e. The first-order valence-corrected chi connectivity index (χ1v) is 9.70. The van der Waals surface area contributed by atoms with E-state index in [1.165, 1.54) is 7.11 Å². The molecule has 148 valence electrons. The number of aromatic amines is 1. The summed E-state index contributed by atoms with van der Waals surface area (Å²) in [7, 11) is 1.29. The number of nitrogens with zero attached hydrogens (tertiary/aromatic N) is 3. The molecular weight excluding hydrogens is 372 g/mol. The van der Waals surface area contributed by atoms with E-state index in [1.54, 1.807) is 17.0 Å². The van der Waals surface area contributed by atoms with E-state index >= 15 is 0 Å². The Morgan fingerprint density at radius 2 is 2.07 bits per heavy atom. The number of anilines is 1. The fourth-order valence-corrected chi connectivity index (χ4v) is 3.95. The van der Waals surface area contributed by atoms with Crippen LogP contribution in [0.3, 0.4) is 0 Å². The van der Waals surface area contributed by atoms with Crippen LogP contribution in [-0.2, 0) is 16.0 Å². The van der Waals surface area contributed by atoms with Crippen LogP contribution in [0.25, 0.3) is 16.9 Å². The van der Waals surface area contributed by atoms with E-state index in [4.69, 9.17) is 4.74 Å². The minimum Gasteiger partial charge on any atom is -0.465 e. The van der Waals surface area contributed by atoms with Gasteiger partial charge in [-0.25, -0.2) is 9.89 Å². The molecule has 0 atom stereocenters. The Labute approximate surface area is 166 Å². The summed E-state index contributed by atoms with van der Waals surface area (Å²) < 4.78 is 6.56. The highest BCUT2D eigenvalue weighted by Crippen LogP contribution is 2.37. The topological polar surface area (TPSA) is 97.3 Å². The number of carbonyl (C=O) groups is 2. The number of carbonyl (C=O) groups excluding carboxylic acids is 2. The maximum absolute atomic E-state index is 12.7. The van der Waals surface area contributed by atoms with Gasteiger partial charge in [0.1, 0.15) is 11.3 Å². The van der Waals surface area contributed by atoms with E-state index in [0.29, 0.717) is 5.56 Å². The van der Waals surface area contributed by atoms with Crippen molar-refractivity contribution in [2.45, 2.75) is 25.7 Å². The highest BCUT2D eigenvalue weighted by molar-refractivity contribution is 5.98. The Morgan fingerprint density at radius 3 is 2.83 bits per heavy atom. The Kier molecular flexibility index (Phi) is 4.01. The zero-order chi connectivity index (χ0) is 20.1.